The maximum Gasteiger partial charge on any atom is 0.258 e. The van der Waals surface area contributed by atoms with Crippen molar-refractivity contribution in [1.82, 2.24) is 4.98 Å². The van der Waals surface area contributed by atoms with Crippen molar-refractivity contribution in [3.8, 4) is 0 Å². The average Bonchev–Trinajstić information content (AvgIpc) is 2.44. The van der Waals surface area contributed by atoms with Gasteiger partial charge in [-0.2, -0.15) is 0 Å². The Bertz CT molecular complexity index is 663. The summed E-state index contributed by atoms with van der Waals surface area (Å²) in [4.78, 5) is 15.7. The Labute approximate surface area is 111 Å². The molecule has 2 rings (SSSR count). The maximum atomic E-state index is 13.4. The summed E-state index contributed by atoms with van der Waals surface area (Å²) in [6.07, 6.45) is 2.59. The van der Waals surface area contributed by atoms with Crippen molar-refractivity contribution in [2.45, 2.75) is 0 Å². The first-order chi connectivity index (χ1) is 9.52. The molecule has 0 saturated heterocycles. The number of hydrogen-bond donors (Lipinski definition) is 3. The van der Waals surface area contributed by atoms with Gasteiger partial charge in [0.05, 0.1) is 23.1 Å². The summed E-state index contributed by atoms with van der Waals surface area (Å²) in [5.41, 5.74) is 1.86. The highest BCUT2D eigenvalue weighted by Crippen LogP contribution is 2.21. The lowest BCUT2D eigenvalue weighted by Gasteiger charge is -2.10. The number of carbonyl (C=O) groups is 1. The monoisotopic (exact) mass is 282 g/mol. The molecule has 0 saturated carbocycles. The molecular weight excluding hydrogens is 273 g/mol. The lowest BCUT2D eigenvalue weighted by Crippen LogP contribution is -2.18. The van der Waals surface area contributed by atoms with Crippen LogP contribution in [0.4, 0.5) is 24.5 Å². The Morgan fingerprint density at radius 3 is 2.65 bits per heavy atom. The molecule has 5 nitrogen and oxygen atoms in total. The average molecular weight is 282 g/mol. The predicted octanol–water partition coefficient (Wildman–Crippen LogP) is 2.04. The third kappa shape index (κ3) is 2.69. The molecule has 1 heterocycles. The summed E-state index contributed by atoms with van der Waals surface area (Å²) < 4.78 is 39.5. The molecule has 2 aromatic rings. The largest absolute Gasteiger partial charge is 0.322 e. The van der Waals surface area contributed by atoms with Gasteiger partial charge in [0.25, 0.3) is 5.91 Å². The van der Waals surface area contributed by atoms with Crippen molar-refractivity contribution < 1.29 is 18.0 Å². The number of anilines is 2. The van der Waals surface area contributed by atoms with E-state index in [1.807, 2.05) is 0 Å². The number of pyridine rings is 1. The zero-order valence-corrected chi connectivity index (χ0v) is 9.95. The van der Waals surface area contributed by atoms with Crippen LogP contribution in [0, 0.1) is 17.5 Å². The highest BCUT2D eigenvalue weighted by molar-refractivity contribution is 6.07. The molecule has 0 aliphatic heterocycles. The third-order valence-corrected chi connectivity index (χ3v) is 2.46. The molecule has 0 aliphatic rings. The van der Waals surface area contributed by atoms with Crippen LogP contribution < -0.4 is 16.6 Å². The first kappa shape index (κ1) is 13.8. The van der Waals surface area contributed by atoms with Gasteiger partial charge in [-0.3, -0.25) is 15.6 Å². The van der Waals surface area contributed by atoms with E-state index in [0.717, 1.165) is 0 Å². The van der Waals surface area contributed by atoms with Crippen LogP contribution in [0.2, 0.25) is 0 Å². The number of aromatic nitrogens is 1. The van der Waals surface area contributed by atoms with E-state index in [-0.39, 0.29) is 11.3 Å². The fourth-order valence-electron chi connectivity index (χ4n) is 1.54. The number of halogens is 3. The zero-order chi connectivity index (χ0) is 14.7. The summed E-state index contributed by atoms with van der Waals surface area (Å²) in [6, 6.07) is 2.37. The number of rotatable bonds is 3. The number of benzene rings is 1. The summed E-state index contributed by atoms with van der Waals surface area (Å²) in [6.45, 7) is 0. The van der Waals surface area contributed by atoms with E-state index in [1.54, 1.807) is 0 Å². The molecule has 0 unspecified atom stereocenters. The molecule has 0 fully saturated rings. The standard InChI is InChI=1S/C12H9F3N4O/c13-6-3-8(14)11(15)9(4-6)18-12(20)7-1-2-17-5-10(7)19-16/h1-5,19H,16H2,(H,18,20). The number of hydrazine groups is 1. The summed E-state index contributed by atoms with van der Waals surface area (Å²) in [5.74, 6) is 0.653. The lowest BCUT2D eigenvalue weighted by atomic mass is 10.2. The van der Waals surface area contributed by atoms with Gasteiger partial charge in [-0.05, 0) is 6.07 Å². The van der Waals surface area contributed by atoms with Crippen molar-refractivity contribution in [3.05, 3.63) is 53.6 Å². The minimum Gasteiger partial charge on any atom is -0.322 e. The van der Waals surface area contributed by atoms with Gasteiger partial charge in [0.15, 0.2) is 11.6 Å². The second-order valence-electron chi connectivity index (χ2n) is 3.77. The van der Waals surface area contributed by atoms with Gasteiger partial charge in [0.2, 0.25) is 0 Å². The van der Waals surface area contributed by atoms with E-state index < -0.39 is 29.0 Å². The van der Waals surface area contributed by atoms with Crippen LogP contribution in [0.25, 0.3) is 0 Å². The fraction of sp³-hybridized carbons (Fsp3) is 0. The zero-order valence-electron chi connectivity index (χ0n) is 9.95. The third-order valence-electron chi connectivity index (χ3n) is 2.46. The highest BCUT2D eigenvalue weighted by atomic mass is 19.2. The minimum atomic E-state index is -1.40. The molecule has 1 aromatic heterocycles. The molecule has 1 aromatic carbocycles. The van der Waals surface area contributed by atoms with E-state index in [9.17, 15) is 18.0 Å². The minimum absolute atomic E-state index is 0.0477. The van der Waals surface area contributed by atoms with Gasteiger partial charge in [0, 0.05) is 18.3 Å². The molecular formula is C12H9F3N4O. The molecule has 20 heavy (non-hydrogen) atoms. The normalized spacial score (nSPS) is 10.2. The predicted molar refractivity (Wildman–Crippen MR) is 66.3 cm³/mol. The van der Waals surface area contributed by atoms with Gasteiger partial charge in [-0.15, -0.1) is 0 Å². The van der Waals surface area contributed by atoms with Crippen LogP contribution in [0.5, 0.6) is 0 Å². The first-order valence-corrected chi connectivity index (χ1v) is 5.39. The van der Waals surface area contributed by atoms with Crippen molar-refractivity contribution >= 4 is 17.3 Å². The van der Waals surface area contributed by atoms with Gasteiger partial charge in [-0.1, -0.05) is 0 Å². The van der Waals surface area contributed by atoms with Crippen LogP contribution in [-0.2, 0) is 0 Å². The smallest absolute Gasteiger partial charge is 0.258 e. The molecule has 0 aliphatic carbocycles. The topological polar surface area (TPSA) is 80.0 Å². The SMILES string of the molecule is NNc1cnccc1C(=O)Nc1cc(F)cc(F)c1F. The van der Waals surface area contributed by atoms with Gasteiger partial charge >= 0.3 is 0 Å². The number of nitrogen functional groups attached to an aromatic ring is 1. The van der Waals surface area contributed by atoms with Crippen LogP contribution in [0.1, 0.15) is 10.4 Å². The van der Waals surface area contributed by atoms with Gasteiger partial charge in [-0.25, -0.2) is 13.2 Å². The molecule has 0 spiro atoms. The number of carbonyl (C=O) groups excluding carboxylic acids is 1. The van der Waals surface area contributed by atoms with Crippen molar-refractivity contribution in [3.63, 3.8) is 0 Å². The van der Waals surface area contributed by atoms with Crippen LogP contribution in [0.3, 0.4) is 0 Å². The number of nitrogens with one attached hydrogen (secondary N) is 2. The second-order valence-corrected chi connectivity index (χ2v) is 3.77. The van der Waals surface area contributed by atoms with E-state index in [1.165, 1.54) is 18.5 Å². The van der Waals surface area contributed by atoms with Gasteiger partial charge in [0.1, 0.15) is 5.82 Å². The highest BCUT2D eigenvalue weighted by Gasteiger charge is 2.16. The molecule has 104 valence electrons. The Morgan fingerprint density at radius 1 is 1.20 bits per heavy atom. The second kappa shape index (κ2) is 5.57. The van der Waals surface area contributed by atoms with Crippen molar-refractivity contribution in [1.29, 1.82) is 0 Å². The van der Waals surface area contributed by atoms with E-state index in [2.05, 4.69) is 15.7 Å². The Hall–Kier alpha value is -2.61. The maximum absolute atomic E-state index is 13.4. The van der Waals surface area contributed by atoms with E-state index >= 15 is 0 Å². The fourth-order valence-corrected chi connectivity index (χ4v) is 1.54. The molecule has 1 amide bonds. The Morgan fingerprint density at radius 2 is 1.95 bits per heavy atom. The van der Waals surface area contributed by atoms with E-state index in [4.69, 9.17) is 5.84 Å². The number of nitrogens with two attached hydrogens (primary N) is 1. The van der Waals surface area contributed by atoms with Crippen molar-refractivity contribution in [2.75, 3.05) is 10.7 Å². The Balaban J connectivity index is 2.33. The van der Waals surface area contributed by atoms with Crippen LogP contribution in [-0.4, -0.2) is 10.9 Å². The molecule has 4 N–H and O–H groups in total. The number of nitrogens with zero attached hydrogens (tertiary/aromatic N) is 1. The summed E-state index contributed by atoms with van der Waals surface area (Å²) in [5, 5.41) is 2.07. The quantitative estimate of drug-likeness (QED) is 0.457. The van der Waals surface area contributed by atoms with Gasteiger partial charge < -0.3 is 10.7 Å². The van der Waals surface area contributed by atoms with Crippen molar-refractivity contribution in [2.24, 2.45) is 5.84 Å². The first-order valence-electron chi connectivity index (χ1n) is 5.39. The number of hydrogen-bond acceptors (Lipinski definition) is 4. The molecule has 8 heteroatoms. The van der Waals surface area contributed by atoms with Crippen LogP contribution in [0.15, 0.2) is 30.6 Å². The molecule has 0 atom stereocenters. The number of amides is 1. The molecule has 0 radical (unpaired) electrons. The van der Waals surface area contributed by atoms with E-state index in [0.29, 0.717) is 12.1 Å². The van der Waals surface area contributed by atoms with Crippen LogP contribution >= 0.6 is 0 Å². The summed E-state index contributed by atoms with van der Waals surface area (Å²) in [7, 11) is 0. The summed E-state index contributed by atoms with van der Waals surface area (Å²) >= 11 is 0. The Kier molecular flexibility index (Phi) is 3.85. The lowest BCUT2D eigenvalue weighted by molar-refractivity contribution is 0.102. The molecule has 0 bridgehead atoms.